The zero-order valence-electron chi connectivity index (χ0n) is 13.0. The number of carbonyl (C=O) groups excluding carboxylic acids is 2. The highest BCUT2D eigenvalue weighted by Gasteiger charge is 2.45. The second kappa shape index (κ2) is 5.36. The van der Waals surface area contributed by atoms with Gasteiger partial charge in [-0.2, -0.15) is 0 Å². The maximum Gasteiger partial charge on any atom is 0.407 e. The van der Waals surface area contributed by atoms with Crippen molar-refractivity contribution in [1.29, 1.82) is 0 Å². The molecule has 0 bridgehead atoms. The number of ether oxygens (including phenoxy) is 1. The summed E-state index contributed by atoms with van der Waals surface area (Å²) >= 11 is 0. The van der Waals surface area contributed by atoms with Crippen molar-refractivity contribution >= 4 is 22.9 Å². The Labute approximate surface area is 137 Å². The number of carbonyl (C=O) groups is 2. The molecule has 2 aliphatic heterocycles. The van der Waals surface area contributed by atoms with Crippen LogP contribution in [0.25, 0.3) is 10.9 Å². The molecule has 24 heavy (non-hydrogen) atoms. The quantitative estimate of drug-likeness (QED) is 0.824. The molecule has 2 aromatic rings. The third-order valence-corrected chi connectivity index (χ3v) is 4.66. The number of aromatic nitrogens is 1. The SMILES string of the molecule is O=C1NCC2(CCCN(C(=O)c3cc(=O)c4ccccc4[nH]3)C2)O1. The summed E-state index contributed by atoms with van der Waals surface area (Å²) < 4.78 is 5.38. The molecule has 2 N–H and O–H groups in total. The van der Waals surface area contributed by atoms with Crippen molar-refractivity contribution in [3.8, 4) is 0 Å². The number of aromatic amines is 1. The highest BCUT2D eigenvalue weighted by Crippen LogP contribution is 2.28. The lowest BCUT2D eigenvalue weighted by molar-refractivity contribution is -0.00522. The van der Waals surface area contributed by atoms with Gasteiger partial charge < -0.3 is 19.9 Å². The van der Waals surface area contributed by atoms with E-state index in [0.29, 0.717) is 30.5 Å². The third-order valence-electron chi connectivity index (χ3n) is 4.66. The first-order valence-electron chi connectivity index (χ1n) is 7.95. The number of benzene rings is 1. The van der Waals surface area contributed by atoms with Crippen molar-refractivity contribution in [3.63, 3.8) is 0 Å². The second-order valence-corrected chi connectivity index (χ2v) is 6.35. The summed E-state index contributed by atoms with van der Waals surface area (Å²) in [6.07, 6.45) is 1.03. The van der Waals surface area contributed by atoms with Crippen LogP contribution in [0.4, 0.5) is 4.79 Å². The molecule has 124 valence electrons. The first-order chi connectivity index (χ1) is 11.6. The van der Waals surface area contributed by atoms with Crippen LogP contribution in [0.1, 0.15) is 23.3 Å². The molecule has 7 heteroatoms. The normalized spacial score (nSPS) is 23.3. The lowest BCUT2D eigenvalue weighted by atomic mass is 9.93. The number of nitrogens with one attached hydrogen (secondary N) is 2. The fourth-order valence-electron chi connectivity index (χ4n) is 3.48. The molecule has 0 aliphatic carbocycles. The lowest BCUT2D eigenvalue weighted by Crippen LogP contribution is -2.52. The lowest BCUT2D eigenvalue weighted by Gasteiger charge is -2.38. The fraction of sp³-hybridized carbons (Fsp3) is 0.353. The summed E-state index contributed by atoms with van der Waals surface area (Å²) in [6.45, 7) is 1.32. The van der Waals surface area contributed by atoms with E-state index >= 15 is 0 Å². The van der Waals surface area contributed by atoms with Crippen LogP contribution in [-0.4, -0.2) is 47.1 Å². The Hall–Kier alpha value is -2.83. The number of alkyl carbamates (subject to hydrolysis) is 1. The average molecular weight is 327 g/mol. The number of amides is 2. The highest BCUT2D eigenvalue weighted by molar-refractivity contribution is 5.95. The zero-order valence-corrected chi connectivity index (χ0v) is 13.0. The molecule has 1 aromatic carbocycles. The van der Waals surface area contributed by atoms with Gasteiger partial charge in [-0.3, -0.25) is 9.59 Å². The van der Waals surface area contributed by atoms with Crippen LogP contribution >= 0.6 is 0 Å². The van der Waals surface area contributed by atoms with E-state index in [1.54, 1.807) is 23.1 Å². The fourth-order valence-corrected chi connectivity index (χ4v) is 3.48. The third kappa shape index (κ3) is 2.42. The van der Waals surface area contributed by atoms with E-state index in [9.17, 15) is 14.4 Å². The maximum atomic E-state index is 12.8. The number of fused-ring (bicyclic) bond motifs is 1. The van der Waals surface area contributed by atoms with Crippen molar-refractivity contribution in [3.05, 3.63) is 46.2 Å². The molecule has 1 unspecified atom stereocenters. The van der Waals surface area contributed by atoms with Gasteiger partial charge in [0.05, 0.1) is 13.1 Å². The average Bonchev–Trinajstić information content (AvgIpc) is 2.94. The van der Waals surface area contributed by atoms with Crippen molar-refractivity contribution in [2.45, 2.75) is 18.4 Å². The molecule has 1 spiro atoms. The number of nitrogens with zero attached hydrogens (tertiary/aromatic N) is 1. The van der Waals surface area contributed by atoms with E-state index in [0.717, 1.165) is 12.8 Å². The molecule has 0 radical (unpaired) electrons. The van der Waals surface area contributed by atoms with Gasteiger partial charge in [0.2, 0.25) is 0 Å². The van der Waals surface area contributed by atoms with Crippen LogP contribution in [0.15, 0.2) is 35.1 Å². The van der Waals surface area contributed by atoms with Crippen molar-refractivity contribution in [1.82, 2.24) is 15.2 Å². The topological polar surface area (TPSA) is 91.5 Å². The van der Waals surface area contributed by atoms with Gasteiger partial charge in [-0.15, -0.1) is 0 Å². The summed E-state index contributed by atoms with van der Waals surface area (Å²) in [5.41, 5.74) is 0.0535. The summed E-state index contributed by atoms with van der Waals surface area (Å²) in [4.78, 5) is 41.1. The number of hydrogen-bond donors (Lipinski definition) is 2. The molecule has 2 amide bonds. The molecule has 2 aliphatic rings. The maximum absolute atomic E-state index is 12.8. The summed E-state index contributed by atoms with van der Waals surface area (Å²) in [6, 6.07) is 8.43. The summed E-state index contributed by atoms with van der Waals surface area (Å²) in [5.74, 6) is -0.250. The Bertz CT molecular complexity index is 891. The Morgan fingerprint density at radius 2 is 2.08 bits per heavy atom. The molecule has 1 aromatic heterocycles. The standard InChI is InChI=1S/C17H17N3O4/c21-14-8-13(19-12-5-2-1-4-11(12)14)15(22)20-7-3-6-17(10-20)9-18-16(23)24-17/h1-2,4-5,8H,3,6-7,9-10H2,(H,18,23)(H,19,21). The molecule has 7 nitrogen and oxygen atoms in total. The second-order valence-electron chi connectivity index (χ2n) is 6.35. The van der Waals surface area contributed by atoms with Crippen LogP contribution in [0.5, 0.6) is 0 Å². The van der Waals surface area contributed by atoms with Gasteiger partial charge in [-0.1, -0.05) is 12.1 Å². The van der Waals surface area contributed by atoms with Crippen molar-refractivity contribution < 1.29 is 14.3 Å². The molecule has 3 heterocycles. The molecular weight excluding hydrogens is 310 g/mol. The molecule has 2 saturated heterocycles. The largest absolute Gasteiger partial charge is 0.439 e. The van der Waals surface area contributed by atoms with E-state index in [-0.39, 0.29) is 17.0 Å². The van der Waals surface area contributed by atoms with Gasteiger partial charge >= 0.3 is 6.09 Å². The molecule has 0 saturated carbocycles. The smallest absolute Gasteiger partial charge is 0.407 e. The number of H-pyrrole nitrogens is 1. The Kier molecular flexibility index (Phi) is 3.30. The number of para-hydroxylation sites is 1. The van der Waals surface area contributed by atoms with Gasteiger partial charge in [0.25, 0.3) is 5.91 Å². The van der Waals surface area contributed by atoms with Gasteiger partial charge in [-0.05, 0) is 25.0 Å². The van der Waals surface area contributed by atoms with Gasteiger partial charge in [0.1, 0.15) is 11.3 Å². The van der Waals surface area contributed by atoms with Crippen molar-refractivity contribution in [2.24, 2.45) is 0 Å². The first-order valence-corrected chi connectivity index (χ1v) is 7.95. The minimum Gasteiger partial charge on any atom is -0.439 e. The van der Waals surface area contributed by atoms with Gasteiger partial charge in [0.15, 0.2) is 5.43 Å². The van der Waals surface area contributed by atoms with E-state index in [1.165, 1.54) is 6.07 Å². The Morgan fingerprint density at radius 1 is 1.25 bits per heavy atom. The molecule has 4 rings (SSSR count). The first kappa shape index (κ1) is 14.7. The Balaban J connectivity index is 1.64. The van der Waals surface area contributed by atoms with Crippen LogP contribution in [0, 0.1) is 0 Å². The predicted molar refractivity (Wildman–Crippen MR) is 86.9 cm³/mol. The highest BCUT2D eigenvalue weighted by atomic mass is 16.6. The number of likely N-dealkylation sites (tertiary alicyclic amines) is 1. The van der Waals surface area contributed by atoms with Gasteiger partial charge in [0, 0.05) is 23.5 Å². The zero-order chi connectivity index (χ0) is 16.7. The molecule has 2 fully saturated rings. The summed E-state index contributed by atoms with van der Waals surface area (Å²) in [7, 11) is 0. The summed E-state index contributed by atoms with van der Waals surface area (Å²) in [5, 5.41) is 3.21. The predicted octanol–water partition coefficient (Wildman–Crippen LogP) is 1.24. The number of pyridine rings is 1. The monoisotopic (exact) mass is 327 g/mol. The van der Waals surface area contributed by atoms with E-state index < -0.39 is 11.7 Å². The molecular formula is C17H17N3O4. The van der Waals surface area contributed by atoms with E-state index in [1.807, 2.05) is 6.07 Å². The minimum absolute atomic E-state index is 0.187. The van der Waals surface area contributed by atoms with E-state index in [2.05, 4.69) is 10.3 Å². The number of rotatable bonds is 1. The number of piperidine rings is 1. The van der Waals surface area contributed by atoms with Crippen LogP contribution in [0.3, 0.4) is 0 Å². The Morgan fingerprint density at radius 3 is 2.88 bits per heavy atom. The number of hydrogen-bond acceptors (Lipinski definition) is 4. The molecule has 1 atom stereocenters. The minimum atomic E-state index is -0.651. The van der Waals surface area contributed by atoms with Crippen molar-refractivity contribution in [2.75, 3.05) is 19.6 Å². The van der Waals surface area contributed by atoms with Gasteiger partial charge in [-0.25, -0.2) is 4.79 Å². The van der Waals surface area contributed by atoms with Crippen LogP contribution in [0.2, 0.25) is 0 Å². The van der Waals surface area contributed by atoms with E-state index in [4.69, 9.17) is 4.74 Å². The van der Waals surface area contributed by atoms with Crippen LogP contribution in [-0.2, 0) is 4.74 Å². The van der Waals surface area contributed by atoms with Crippen LogP contribution < -0.4 is 10.7 Å².